The number of guanidine groups is 1. The summed E-state index contributed by atoms with van der Waals surface area (Å²) in [6.07, 6.45) is 1.96. The van der Waals surface area contributed by atoms with E-state index in [0.29, 0.717) is 51.0 Å². The number of ketones is 1. The number of rotatable bonds is 12. The van der Waals surface area contributed by atoms with Crippen molar-refractivity contribution in [2.75, 3.05) is 19.8 Å². The number of hydroxylamine groups is 1. The molecule has 0 saturated carbocycles. The summed E-state index contributed by atoms with van der Waals surface area (Å²) in [4.78, 5) is 56.8. The minimum absolute atomic E-state index is 0.0586. The molecule has 1 aromatic rings. The Hall–Kier alpha value is -3.67. The average Bonchev–Trinajstić information content (AvgIpc) is 2.93. The highest BCUT2D eigenvalue weighted by molar-refractivity contribution is 5.93. The van der Waals surface area contributed by atoms with E-state index in [1.807, 2.05) is 26.0 Å². The second-order valence-electron chi connectivity index (χ2n) is 10.8. The summed E-state index contributed by atoms with van der Waals surface area (Å²) in [6.45, 7) is 6.36. The van der Waals surface area contributed by atoms with Gasteiger partial charge >= 0.3 is 5.97 Å². The van der Waals surface area contributed by atoms with E-state index in [1.54, 1.807) is 24.5 Å². The van der Waals surface area contributed by atoms with Crippen molar-refractivity contribution in [2.45, 2.75) is 71.8 Å². The van der Waals surface area contributed by atoms with Crippen molar-refractivity contribution in [2.24, 2.45) is 40.1 Å². The van der Waals surface area contributed by atoms with Crippen LogP contribution in [-0.2, 0) is 30.3 Å². The summed E-state index contributed by atoms with van der Waals surface area (Å²) in [5.41, 5.74) is 13.3. The van der Waals surface area contributed by atoms with Gasteiger partial charge in [0.1, 0.15) is 5.75 Å². The van der Waals surface area contributed by atoms with E-state index < -0.39 is 41.6 Å². The van der Waals surface area contributed by atoms with Crippen molar-refractivity contribution < 1.29 is 33.9 Å². The third-order valence-electron chi connectivity index (χ3n) is 7.06. The fourth-order valence-corrected chi connectivity index (χ4v) is 5.03. The number of aliphatic imine (C=N–C) groups is 1. The first kappa shape index (κ1) is 33.5. The molecule has 0 spiro atoms. The molecular weight excluding hydrogens is 530 g/mol. The van der Waals surface area contributed by atoms with Crippen LogP contribution >= 0.6 is 0 Å². The Morgan fingerprint density at radius 2 is 1.93 bits per heavy atom. The SMILES string of the molecule is CCOC(=O)[C@H](CCCN=C(N)N)CC(=O)[C@@H]1Cc2ccc(cc2)OCCC[C@H](C(=O)NO)[C@@H](CC(C)C)C(=O)N1. The molecule has 7 N–H and O–H groups in total. The predicted molar refractivity (Wildman–Crippen MR) is 153 cm³/mol. The van der Waals surface area contributed by atoms with E-state index in [0.717, 1.165) is 5.56 Å². The molecule has 12 heteroatoms. The maximum Gasteiger partial charge on any atom is 0.309 e. The van der Waals surface area contributed by atoms with E-state index >= 15 is 0 Å². The monoisotopic (exact) mass is 575 g/mol. The smallest absolute Gasteiger partial charge is 0.309 e. The zero-order valence-corrected chi connectivity index (χ0v) is 24.3. The van der Waals surface area contributed by atoms with Gasteiger partial charge in [-0.2, -0.15) is 0 Å². The highest BCUT2D eigenvalue weighted by Gasteiger charge is 2.36. The second kappa shape index (κ2) is 17.2. The molecule has 12 nitrogen and oxygen atoms in total. The van der Waals surface area contributed by atoms with Gasteiger partial charge in [-0.05, 0) is 69.1 Å². The van der Waals surface area contributed by atoms with Gasteiger partial charge in [-0.3, -0.25) is 29.4 Å². The number of carbonyl (C=O) groups is 4. The summed E-state index contributed by atoms with van der Waals surface area (Å²) in [5.74, 6) is -3.66. The maximum atomic E-state index is 13.7. The summed E-state index contributed by atoms with van der Waals surface area (Å²) in [7, 11) is 0. The molecule has 0 saturated heterocycles. The van der Waals surface area contributed by atoms with Crippen molar-refractivity contribution in [3.05, 3.63) is 29.8 Å². The van der Waals surface area contributed by atoms with Gasteiger partial charge in [-0.25, -0.2) is 5.48 Å². The van der Waals surface area contributed by atoms with Crippen molar-refractivity contribution in [3.8, 4) is 5.75 Å². The molecule has 41 heavy (non-hydrogen) atoms. The van der Waals surface area contributed by atoms with E-state index in [-0.39, 0.29) is 37.1 Å². The molecule has 0 unspecified atom stereocenters. The van der Waals surface area contributed by atoms with Crippen molar-refractivity contribution in [1.29, 1.82) is 0 Å². The minimum atomic E-state index is -0.959. The van der Waals surface area contributed by atoms with Crippen molar-refractivity contribution >= 4 is 29.5 Å². The third-order valence-corrected chi connectivity index (χ3v) is 7.06. The molecule has 3 rings (SSSR count). The lowest BCUT2D eigenvalue weighted by Gasteiger charge is -2.29. The Morgan fingerprint density at radius 3 is 2.54 bits per heavy atom. The number of hydrogen-bond donors (Lipinski definition) is 5. The summed E-state index contributed by atoms with van der Waals surface area (Å²) in [6, 6.07) is 6.28. The quantitative estimate of drug-likeness (QED) is 0.0617. The first-order chi connectivity index (χ1) is 19.5. The van der Waals surface area contributed by atoms with Crippen molar-refractivity contribution in [3.63, 3.8) is 0 Å². The molecule has 1 aromatic carbocycles. The van der Waals surface area contributed by atoms with Crippen LogP contribution in [-0.4, -0.2) is 60.5 Å². The Bertz CT molecular complexity index is 1040. The lowest BCUT2D eigenvalue weighted by Crippen LogP contribution is -2.49. The van der Waals surface area contributed by atoms with E-state index in [4.69, 9.17) is 20.9 Å². The highest BCUT2D eigenvalue weighted by Crippen LogP contribution is 2.27. The summed E-state index contributed by atoms with van der Waals surface area (Å²) in [5, 5.41) is 12.3. The first-order valence-corrected chi connectivity index (χ1v) is 14.3. The topological polar surface area (TPSA) is 195 Å². The molecule has 228 valence electrons. The number of nitrogens with one attached hydrogen (secondary N) is 2. The number of hydrogen-bond acceptors (Lipinski definition) is 8. The number of esters is 1. The third kappa shape index (κ3) is 11.4. The van der Waals surface area contributed by atoms with Gasteiger partial charge in [0.25, 0.3) is 0 Å². The van der Waals surface area contributed by atoms with Crippen LogP contribution in [0.5, 0.6) is 5.75 Å². The van der Waals surface area contributed by atoms with Crippen LogP contribution in [0.25, 0.3) is 0 Å². The molecule has 0 aliphatic carbocycles. The number of ether oxygens (including phenoxy) is 2. The molecule has 0 fully saturated rings. The first-order valence-electron chi connectivity index (χ1n) is 14.3. The number of Topliss-reactive ketones (excluding diaryl/α,β-unsaturated/α-hetero) is 1. The second-order valence-corrected chi connectivity index (χ2v) is 10.8. The number of amides is 2. The van der Waals surface area contributed by atoms with Crippen LogP contribution in [0.15, 0.2) is 29.3 Å². The van der Waals surface area contributed by atoms with E-state index in [2.05, 4.69) is 10.3 Å². The van der Waals surface area contributed by atoms with Crippen molar-refractivity contribution in [1.82, 2.24) is 10.8 Å². The number of nitrogens with two attached hydrogens (primary N) is 2. The predicted octanol–water partition coefficient (Wildman–Crippen LogP) is 1.86. The molecule has 2 aliphatic rings. The van der Waals surface area contributed by atoms with Gasteiger partial charge in [0.2, 0.25) is 11.8 Å². The van der Waals surface area contributed by atoms with Gasteiger partial charge in [0, 0.05) is 18.9 Å². The zero-order valence-electron chi connectivity index (χ0n) is 24.3. The number of nitrogens with zero attached hydrogens (tertiary/aromatic N) is 1. The fraction of sp³-hybridized carbons (Fsp3) is 0.621. The molecule has 4 atom stereocenters. The van der Waals surface area contributed by atoms with E-state index in [9.17, 15) is 24.4 Å². The molecule has 2 aliphatic heterocycles. The zero-order chi connectivity index (χ0) is 30.4. The van der Waals surface area contributed by atoms with E-state index in [1.165, 1.54) is 0 Å². The van der Waals surface area contributed by atoms with Gasteiger partial charge in [0.15, 0.2) is 11.7 Å². The summed E-state index contributed by atoms with van der Waals surface area (Å²) < 4.78 is 11.0. The normalized spacial score (nSPS) is 20.2. The average molecular weight is 576 g/mol. The van der Waals surface area contributed by atoms with Crippen LogP contribution in [0.2, 0.25) is 0 Å². The number of carbonyl (C=O) groups excluding carboxylic acids is 4. The lowest BCUT2D eigenvalue weighted by atomic mass is 9.81. The highest BCUT2D eigenvalue weighted by atomic mass is 16.5. The molecular formula is C29H45N5O7. The maximum absolute atomic E-state index is 13.7. The minimum Gasteiger partial charge on any atom is -0.494 e. The summed E-state index contributed by atoms with van der Waals surface area (Å²) >= 11 is 0. The number of fused-ring (bicyclic) bond motifs is 11. The standard InChI is InChI=1S/C29H45N5O7/c1-4-40-28(38)20(7-5-13-32-29(30)31)17-25(35)24-16-19-9-11-21(12-10-19)41-14-6-8-22(27(37)34-39)23(15-18(2)3)26(36)33-24/h9-12,18,20,22-24,39H,4-8,13-17H2,1-3H3,(H,33,36)(H,34,37)(H4,30,31,32)/t20-,22+,23-,24+/m1/s1. The molecule has 2 amide bonds. The molecule has 2 heterocycles. The molecule has 0 radical (unpaired) electrons. The largest absolute Gasteiger partial charge is 0.494 e. The Balaban J connectivity index is 2.39. The van der Waals surface area contributed by atoms with Gasteiger partial charge in [-0.1, -0.05) is 26.0 Å². The number of benzene rings is 1. The van der Waals surface area contributed by atoms with Crippen LogP contribution in [0.4, 0.5) is 0 Å². The van der Waals surface area contributed by atoms with Gasteiger partial charge < -0.3 is 26.3 Å². The van der Waals surface area contributed by atoms with Crippen LogP contribution in [0, 0.1) is 23.7 Å². The Kier molecular flexibility index (Phi) is 14.1. The van der Waals surface area contributed by atoms with Crippen LogP contribution in [0.1, 0.15) is 64.9 Å². The Morgan fingerprint density at radius 1 is 1.22 bits per heavy atom. The van der Waals surface area contributed by atoms with Gasteiger partial charge in [0.05, 0.1) is 31.1 Å². The van der Waals surface area contributed by atoms with Crippen LogP contribution < -0.4 is 27.0 Å². The molecule has 2 bridgehead atoms. The fourth-order valence-electron chi connectivity index (χ4n) is 5.03. The van der Waals surface area contributed by atoms with Crippen LogP contribution in [0.3, 0.4) is 0 Å². The Labute approximate surface area is 241 Å². The van der Waals surface area contributed by atoms with Gasteiger partial charge in [-0.15, -0.1) is 0 Å². The molecule has 0 aromatic heterocycles. The lowest BCUT2D eigenvalue weighted by molar-refractivity contribution is -0.150.